The van der Waals surface area contributed by atoms with Crippen LogP contribution in [0.1, 0.15) is 79.6 Å². The van der Waals surface area contributed by atoms with Gasteiger partial charge in [0.15, 0.2) is 18.2 Å². The Kier molecular flexibility index (Phi) is 5.93. The summed E-state index contributed by atoms with van der Waals surface area (Å²) in [5.74, 6) is 2.44. The first-order valence-corrected chi connectivity index (χ1v) is 12.2. The van der Waals surface area contributed by atoms with Crippen LogP contribution in [-0.4, -0.2) is 30.2 Å². The van der Waals surface area contributed by atoms with E-state index in [1.807, 2.05) is 0 Å². The molecule has 3 N–H and O–H groups in total. The van der Waals surface area contributed by atoms with Crippen molar-refractivity contribution in [2.24, 2.45) is 16.7 Å². The molecule has 2 aliphatic carbocycles. The van der Waals surface area contributed by atoms with Crippen molar-refractivity contribution >= 4 is 17.3 Å². The van der Waals surface area contributed by atoms with Crippen LogP contribution in [0.3, 0.4) is 0 Å². The fourth-order valence-corrected chi connectivity index (χ4v) is 6.99. The predicted octanol–water partition coefficient (Wildman–Crippen LogP) is 4.65. The largest absolute Gasteiger partial charge is 0.382 e. The van der Waals surface area contributed by atoms with Crippen molar-refractivity contribution in [3.05, 3.63) is 29.1 Å². The van der Waals surface area contributed by atoms with E-state index in [4.69, 9.17) is 5.73 Å². The minimum atomic E-state index is 0.399. The van der Waals surface area contributed by atoms with Crippen LogP contribution >= 0.6 is 0 Å². The van der Waals surface area contributed by atoms with Crippen LogP contribution < -0.4 is 15.5 Å². The Balaban J connectivity index is 1.44. The number of hydrogen-bond acceptors (Lipinski definition) is 4. The highest BCUT2D eigenvalue weighted by atomic mass is 15.4. The van der Waals surface area contributed by atoms with Crippen LogP contribution in [0.2, 0.25) is 0 Å². The highest BCUT2D eigenvalue weighted by Gasteiger charge is 2.49. The molecule has 1 aromatic heterocycles. The van der Waals surface area contributed by atoms with Gasteiger partial charge in [0.2, 0.25) is 0 Å². The minimum absolute atomic E-state index is 0.399. The number of nitrogen functional groups attached to an aromatic ring is 1. The van der Waals surface area contributed by atoms with Gasteiger partial charge < -0.3 is 10.6 Å². The molecule has 1 unspecified atom stereocenters. The number of aromatic nitrogens is 2. The molecular weight excluding hydrogens is 382 g/mol. The summed E-state index contributed by atoms with van der Waals surface area (Å²) >= 11 is 0. The quantitative estimate of drug-likeness (QED) is 0.676. The van der Waals surface area contributed by atoms with Crippen molar-refractivity contribution in [3.8, 4) is 0 Å². The van der Waals surface area contributed by atoms with E-state index >= 15 is 0 Å². The number of quaternary nitrogens is 1. The molecule has 4 rings (SSSR count). The van der Waals surface area contributed by atoms with Gasteiger partial charge in [0.25, 0.3) is 5.82 Å². The van der Waals surface area contributed by atoms with E-state index < -0.39 is 0 Å². The van der Waals surface area contributed by atoms with Gasteiger partial charge in [0, 0.05) is 6.54 Å². The molecule has 0 amide bonds. The molecule has 1 aliphatic heterocycles. The summed E-state index contributed by atoms with van der Waals surface area (Å²) in [6.07, 6.45) is 13.1. The van der Waals surface area contributed by atoms with E-state index in [2.05, 4.69) is 62.6 Å². The minimum Gasteiger partial charge on any atom is -0.382 e. The van der Waals surface area contributed by atoms with Crippen molar-refractivity contribution in [2.75, 3.05) is 30.9 Å². The first-order chi connectivity index (χ1) is 14.6. The average molecular weight is 425 g/mol. The topological polar surface area (TPSA) is 59.5 Å². The van der Waals surface area contributed by atoms with Gasteiger partial charge >= 0.3 is 0 Å². The molecular formula is C26H42N5+. The molecule has 3 aliphatic rings. The van der Waals surface area contributed by atoms with Gasteiger partial charge in [-0.05, 0) is 69.1 Å². The first kappa shape index (κ1) is 22.3. The standard InChI is InChI=1S/C26H41N5/c1-18(12-15-31-17-30(6)24-22(31)23(27)28-16-29-24)8-10-20-19(2)9-11-21-25(3,4)13-7-14-26(20,21)5/h12,16,21H,7-11,13-15,17H2,1-6H3,(H2,27,28,29)/p+1/b18-12+/t21-,26+/m0/s1. The van der Waals surface area contributed by atoms with Gasteiger partial charge in [-0.25, -0.2) is 4.98 Å². The smallest absolute Gasteiger partial charge is 0.256 e. The molecule has 2 heterocycles. The third-order valence-electron chi connectivity index (χ3n) is 8.67. The molecule has 3 atom stereocenters. The van der Waals surface area contributed by atoms with E-state index in [-0.39, 0.29) is 0 Å². The van der Waals surface area contributed by atoms with Crippen LogP contribution in [0.5, 0.6) is 0 Å². The van der Waals surface area contributed by atoms with Gasteiger partial charge in [0.1, 0.15) is 6.33 Å². The van der Waals surface area contributed by atoms with Crippen molar-refractivity contribution in [1.29, 1.82) is 0 Å². The van der Waals surface area contributed by atoms with Crippen LogP contribution in [0.25, 0.3) is 0 Å². The first-order valence-electron chi connectivity index (χ1n) is 12.2. The lowest BCUT2D eigenvalue weighted by atomic mass is 9.50. The number of anilines is 2. The second-order valence-electron chi connectivity index (χ2n) is 11.3. The Morgan fingerprint density at radius 1 is 1.29 bits per heavy atom. The Bertz CT molecular complexity index is 899. The summed E-state index contributed by atoms with van der Waals surface area (Å²) in [5, 5.41) is 0. The number of nitrogens with two attached hydrogens (primary N) is 1. The molecule has 0 aromatic carbocycles. The second-order valence-corrected chi connectivity index (χ2v) is 11.3. The summed E-state index contributed by atoms with van der Waals surface area (Å²) in [6.45, 7) is 14.1. The summed E-state index contributed by atoms with van der Waals surface area (Å²) in [7, 11) is 2.14. The third kappa shape index (κ3) is 4.02. The summed E-state index contributed by atoms with van der Waals surface area (Å²) < 4.78 is 0. The van der Waals surface area contributed by atoms with E-state index in [1.54, 1.807) is 17.5 Å². The highest BCUT2D eigenvalue weighted by Crippen LogP contribution is 2.60. The molecule has 5 nitrogen and oxygen atoms in total. The fraction of sp³-hybridized carbons (Fsp3) is 0.692. The molecule has 1 fully saturated rings. The lowest BCUT2D eigenvalue weighted by Gasteiger charge is -2.55. The zero-order valence-electron chi connectivity index (χ0n) is 20.5. The van der Waals surface area contributed by atoms with Crippen molar-refractivity contribution < 1.29 is 4.90 Å². The lowest BCUT2D eigenvalue weighted by molar-refractivity contribution is -0.805. The number of nitrogens with one attached hydrogen (secondary N) is 1. The average Bonchev–Trinajstić information content (AvgIpc) is 3.02. The Labute approximate surface area is 188 Å². The second kappa shape index (κ2) is 8.23. The normalized spacial score (nSPS) is 30.4. The number of fused-ring (bicyclic) bond motifs is 2. The van der Waals surface area contributed by atoms with Gasteiger partial charge in [-0.1, -0.05) is 50.0 Å². The predicted molar refractivity (Wildman–Crippen MR) is 129 cm³/mol. The van der Waals surface area contributed by atoms with Gasteiger partial charge in [-0.2, -0.15) is 4.98 Å². The lowest BCUT2D eigenvalue weighted by Crippen LogP contribution is -3.03. The fourth-order valence-electron chi connectivity index (χ4n) is 6.99. The molecule has 31 heavy (non-hydrogen) atoms. The molecule has 1 aromatic rings. The molecule has 1 saturated carbocycles. The highest BCUT2D eigenvalue weighted by molar-refractivity contribution is 5.73. The molecule has 170 valence electrons. The molecule has 0 bridgehead atoms. The molecule has 0 saturated heterocycles. The Morgan fingerprint density at radius 3 is 2.84 bits per heavy atom. The molecule has 0 spiro atoms. The number of allylic oxidation sites excluding steroid dienone is 3. The van der Waals surface area contributed by atoms with Crippen LogP contribution in [-0.2, 0) is 0 Å². The monoisotopic (exact) mass is 424 g/mol. The van der Waals surface area contributed by atoms with E-state index in [9.17, 15) is 0 Å². The Hall–Kier alpha value is -1.88. The summed E-state index contributed by atoms with van der Waals surface area (Å²) in [5.41, 5.74) is 13.0. The molecule has 5 heteroatoms. The maximum Gasteiger partial charge on any atom is 0.256 e. The third-order valence-corrected chi connectivity index (χ3v) is 8.67. The Morgan fingerprint density at radius 2 is 2.06 bits per heavy atom. The van der Waals surface area contributed by atoms with Crippen LogP contribution in [0.15, 0.2) is 29.1 Å². The maximum atomic E-state index is 6.17. The zero-order chi connectivity index (χ0) is 22.4. The van der Waals surface area contributed by atoms with Gasteiger partial charge in [-0.15, -0.1) is 0 Å². The SMILES string of the molecule is CC1=C(CC/C(C)=C/CN2C[NH+](C)c3ncnc(N)c32)[C@@]2(C)CCCC(C)(C)[C@@H]2CC1. The van der Waals surface area contributed by atoms with Crippen molar-refractivity contribution in [3.63, 3.8) is 0 Å². The van der Waals surface area contributed by atoms with E-state index in [0.29, 0.717) is 16.6 Å². The van der Waals surface area contributed by atoms with Crippen molar-refractivity contribution in [2.45, 2.75) is 79.6 Å². The molecule has 0 radical (unpaired) electrons. The summed E-state index contributed by atoms with van der Waals surface area (Å²) in [6, 6.07) is 0. The van der Waals surface area contributed by atoms with Crippen LogP contribution in [0, 0.1) is 16.7 Å². The number of hydrogen-bond donors (Lipinski definition) is 2. The maximum absolute atomic E-state index is 6.17. The van der Waals surface area contributed by atoms with Crippen LogP contribution in [0.4, 0.5) is 17.3 Å². The number of nitrogens with zero attached hydrogens (tertiary/aromatic N) is 3. The van der Waals surface area contributed by atoms with E-state index in [1.165, 1.54) is 49.0 Å². The van der Waals surface area contributed by atoms with E-state index in [0.717, 1.165) is 37.1 Å². The van der Waals surface area contributed by atoms with Crippen molar-refractivity contribution in [1.82, 2.24) is 9.97 Å². The zero-order valence-corrected chi connectivity index (χ0v) is 20.5. The summed E-state index contributed by atoms with van der Waals surface area (Å²) in [4.78, 5) is 12.2. The van der Waals surface area contributed by atoms with Gasteiger partial charge in [0.05, 0.1) is 7.05 Å². The van der Waals surface area contributed by atoms with Gasteiger partial charge in [-0.3, -0.25) is 4.90 Å². The number of rotatable bonds is 5.